The van der Waals surface area contributed by atoms with Gasteiger partial charge in [-0.15, -0.1) is 11.8 Å². The molecule has 0 aliphatic carbocycles. The Morgan fingerprint density at radius 1 is 1.82 bits per heavy atom. The second-order valence-electron chi connectivity index (χ2n) is 1.92. The lowest BCUT2D eigenvalue weighted by Gasteiger charge is -1.98. The highest BCUT2D eigenvalue weighted by atomic mass is 79.9. The Hall–Kier alpha value is -0.0300. The lowest BCUT2D eigenvalue weighted by Crippen LogP contribution is -2.01. The summed E-state index contributed by atoms with van der Waals surface area (Å²) in [5.74, 6) is 0. The Kier molecular flexibility index (Phi) is 3.39. The fourth-order valence-electron chi connectivity index (χ4n) is 0.726. The highest BCUT2D eigenvalue weighted by Crippen LogP contribution is 2.24. The van der Waals surface area contributed by atoms with Crippen molar-refractivity contribution in [1.82, 2.24) is 9.78 Å². The first kappa shape index (κ1) is 9.06. The molecule has 1 aromatic heterocycles. The summed E-state index contributed by atoms with van der Waals surface area (Å²) in [5, 5.41) is 3.99. The number of hydrogen-bond acceptors (Lipinski definition) is 2. The summed E-state index contributed by atoms with van der Waals surface area (Å²) >= 11 is 4.91. The quantitative estimate of drug-likeness (QED) is 0.753. The summed E-state index contributed by atoms with van der Waals surface area (Å²) in [6.07, 6.45) is 3.69. The van der Waals surface area contributed by atoms with E-state index in [2.05, 4.69) is 21.0 Å². The van der Waals surface area contributed by atoms with E-state index < -0.39 is 0 Å². The van der Waals surface area contributed by atoms with E-state index in [1.54, 1.807) is 22.6 Å². The monoisotopic (exact) mass is 238 g/mol. The lowest BCUT2D eigenvalue weighted by molar-refractivity contribution is 0.423. The van der Waals surface area contributed by atoms with Gasteiger partial charge in [0.05, 0.1) is 17.6 Å². The summed E-state index contributed by atoms with van der Waals surface area (Å²) in [6.45, 7) is -0.0603. The molecule has 0 radical (unpaired) electrons. The molecular weight excluding hydrogens is 231 g/mol. The second kappa shape index (κ2) is 4.11. The van der Waals surface area contributed by atoms with Gasteiger partial charge in [0.1, 0.15) is 11.3 Å². The van der Waals surface area contributed by atoms with Crippen molar-refractivity contribution in [3.63, 3.8) is 0 Å². The van der Waals surface area contributed by atoms with Crippen LogP contribution in [-0.4, -0.2) is 22.7 Å². The summed E-state index contributed by atoms with van der Waals surface area (Å²) in [5.41, 5.74) is 0. The highest BCUT2D eigenvalue weighted by molar-refractivity contribution is 9.10. The Labute approximate surface area is 77.3 Å². The van der Waals surface area contributed by atoms with E-state index in [1.807, 2.05) is 6.26 Å². The van der Waals surface area contributed by atoms with Gasteiger partial charge >= 0.3 is 0 Å². The standard InChI is InChI=1S/C6H8BrFN2S/c1-11-5-4-9-10(3-2-8)6(5)7/h4H,2-3H2,1H3. The minimum absolute atomic E-state index is 0.321. The van der Waals surface area contributed by atoms with E-state index in [1.165, 1.54) is 0 Å². The molecule has 11 heavy (non-hydrogen) atoms. The molecule has 62 valence electrons. The van der Waals surface area contributed by atoms with Crippen LogP contribution < -0.4 is 0 Å². The van der Waals surface area contributed by atoms with E-state index in [4.69, 9.17) is 0 Å². The fourth-order valence-corrected chi connectivity index (χ4v) is 2.01. The molecule has 0 spiro atoms. The third kappa shape index (κ3) is 1.96. The first-order valence-electron chi connectivity index (χ1n) is 3.11. The van der Waals surface area contributed by atoms with E-state index in [0.29, 0.717) is 6.54 Å². The lowest BCUT2D eigenvalue weighted by atomic mass is 10.7. The number of hydrogen-bond donors (Lipinski definition) is 0. The SMILES string of the molecule is CSc1cnn(CCF)c1Br. The van der Waals surface area contributed by atoms with E-state index in [0.717, 1.165) is 9.50 Å². The van der Waals surface area contributed by atoms with Crippen LogP contribution in [0.15, 0.2) is 15.7 Å². The van der Waals surface area contributed by atoms with Crippen LogP contribution in [0.5, 0.6) is 0 Å². The van der Waals surface area contributed by atoms with Crippen LogP contribution in [0, 0.1) is 0 Å². The summed E-state index contributed by atoms with van der Waals surface area (Å²) in [6, 6.07) is 0. The summed E-state index contributed by atoms with van der Waals surface area (Å²) < 4.78 is 14.4. The van der Waals surface area contributed by atoms with Gasteiger partial charge in [-0.05, 0) is 22.2 Å². The van der Waals surface area contributed by atoms with Gasteiger partial charge < -0.3 is 0 Å². The zero-order valence-corrected chi connectivity index (χ0v) is 8.45. The molecule has 0 unspecified atom stereocenters. The molecule has 0 amide bonds. The molecule has 0 aromatic carbocycles. The van der Waals surface area contributed by atoms with Gasteiger partial charge in [-0.25, -0.2) is 4.39 Å². The zero-order chi connectivity index (χ0) is 8.27. The van der Waals surface area contributed by atoms with Crippen LogP contribution >= 0.6 is 27.7 Å². The van der Waals surface area contributed by atoms with Crippen molar-refractivity contribution >= 4 is 27.7 Å². The molecule has 1 aromatic rings. The first-order valence-corrected chi connectivity index (χ1v) is 5.12. The molecule has 0 aliphatic rings. The molecule has 5 heteroatoms. The third-order valence-electron chi connectivity index (χ3n) is 1.26. The maximum absolute atomic E-state index is 11.9. The number of nitrogens with zero attached hydrogens (tertiary/aromatic N) is 2. The van der Waals surface area contributed by atoms with E-state index in [9.17, 15) is 4.39 Å². The van der Waals surface area contributed by atoms with Crippen LogP contribution in [0.1, 0.15) is 0 Å². The van der Waals surface area contributed by atoms with Crippen molar-refractivity contribution in [2.24, 2.45) is 0 Å². The van der Waals surface area contributed by atoms with Crippen molar-refractivity contribution in [2.45, 2.75) is 11.4 Å². The summed E-state index contributed by atoms with van der Waals surface area (Å²) in [7, 11) is 0. The van der Waals surface area contributed by atoms with Gasteiger partial charge in [0.25, 0.3) is 0 Å². The van der Waals surface area contributed by atoms with E-state index >= 15 is 0 Å². The normalized spacial score (nSPS) is 10.5. The van der Waals surface area contributed by atoms with Crippen molar-refractivity contribution in [3.8, 4) is 0 Å². The first-order chi connectivity index (χ1) is 5.29. The van der Waals surface area contributed by atoms with Gasteiger partial charge in [-0.2, -0.15) is 5.10 Å². The van der Waals surface area contributed by atoms with Crippen molar-refractivity contribution in [2.75, 3.05) is 12.9 Å². The predicted molar refractivity (Wildman–Crippen MR) is 47.7 cm³/mol. The third-order valence-corrected chi connectivity index (χ3v) is 3.10. The van der Waals surface area contributed by atoms with E-state index in [-0.39, 0.29) is 6.67 Å². The van der Waals surface area contributed by atoms with Gasteiger partial charge in [-0.3, -0.25) is 4.68 Å². The summed E-state index contributed by atoms with van der Waals surface area (Å²) in [4.78, 5) is 1.04. The minimum Gasteiger partial charge on any atom is -0.255 e. The second-order valence-corrected chi connectivity index (χ2v) is 3.52. The van der Waals surface area contributed by atoms with Gasteiger partial charge in [0.2, 0.25) is 0 Å². The number of aromatic nitrogens is 2. The number of aryl methyl sites for hydroxylation is 1. The predicted octanol–water partition coefficient (Wildman–Crippen LogP) is 2.34. The average Bonchev–Trinajstić information content (AvgIpc) is 2.34. The van der Waals surface area contributed by atoms with Crippen molar-refractivity contribution in [3.05, 3.63) is 10.8 Å². The smallest absolute Gasteiger partial charge is 0.117 e. The largest absolute Gasteiger partial charge is 0.255 e. The van der Waals surface area contributed by atoms with Crippen molar-refractivity contribution < 1.29 is 4.39 Å². The highest BCUT2D eigenvalue weighted by Gasteiger charge is 2.05. The molecule has 1 rings (SSSR count). The molecule has 0 saturated carbocycles. The molecule has 0 aliphatic heterocycles. The van der Waals surface area contributed by atoms with Crippen LogP contribution in [0.2, 0.25) is 0 Å². The van der Waals surface area contributed by atoms with Gasteiger partial charge in [0, 0.05) is 0 Å². The number of thioether (sulfide) groups is 1. The number of halogens is 2. The maximum atomic E-state index is 11.9. The maximum Gasteiger partial charge on any atom is 0.117 e. The van der Waals surface area contributed by atoms with Crippen LogP contribution in [-0.2, 0) is 6.54 Å². The number of rotatable bonds is 3. The molecule has 0 N–H and O–H groups in total. The van der Waals surface area contributed by atoms with Crippen LogP contribution in [0.25, 0.3) is 0 Å². The van der Waals surface area contributed by atoms with Crippen LogP contribution in [0.3, 0.4) is 0 Å². The minimum atomic E-state index is -0.381. The topological polar surface area (TPSA) is 17.8 Å². The Bertz CT molecular complexity index is 238. The van der Waals surface area contributed by atoms with Crippen molar-refractivity contribution in [1.29, 1.82) is 0 Å². The fraction of sp³-hybridized carbons (Fsp3) is 0.500. The Morgan fingerprint density at radius 3 is 3.00 bits per heavy atom. The molecule has 0 bridgehead atoms. The molecule has 1 heterocycles. The van der Waals surface area contributed by atoms with Gasteiger partial charge in [-0.1, -0.05) is 0 Å². The van der Waals surface area contributed by atoms with Gasteiger partial charge in [0.15, 0.2) is 0 Å². The molecule has 0 fully saturated rings. The average molecular weight is 239 g/mol. The zero-order valence-electron chi connectivity index (χ0n) is 6.05. The van der Waals surface area contributed by atoms with Crippen LogP contribution in [0.4, 0.5) is 4.39 Å². The Balaban J connectivity index is 2.82. The molecule has 0 atom stereocenters. The molecular formula is C6H8BrFN2S. The molecule has 0 saturated heterocycles. The number of alkyl halides is 1. The molecule has 2 nitrogen and oxygen atoms in total. The Morgan fingerprint density at radius 2 is 2.55 bits per heavy atom.